The number of hydrogen-bond donors (Lipinski definition) is 0. The molecule has 0 aliphatic heterocycles. The third kappa shape index (κ3) is 7.15. The summed E-state index contributed by atoms with van der Waals surface area (Å²) in [5.74, 6) is 2.44. The van der Waals surface area contributed by atoms with Crippen LogP contribution in [0.25, 0.3) is 68.5 Å². The Morgan fingerprint density at radius 1 is 0.333 bits per heavy atom. The molecule has 51 heavy (non-hydrogen) atoms. The summed E-state index contributed by atoms with van der Waals surface area (Å²) in [7, 11) is 0. The van der Waals surface area contributed by atoms with Crippen LogP contribution >= 0.6 is 0 Å². The van der Waals surface area contributed by atoms with E-state index in [1.807, 2.05) is 54.6 Å². The van der Waals surface area contributed by atoms with Gasteiger partial charge in [0.05, 0.1) is 0 Å². The van der Waals surface area contributed by atoms with Gasteiger partial charge in [-0.25, -0.2) is 0 Å². The average molecular weight is 679 g/mol. The molecule has 258 valence electrons. The first kappa shape index (κ1) is 33.8. The highest BCUT2D eigenvalue weighted by Gasteiger charge is 2.21. The molecule has 7 aromatic rings. The second kappa shape index (κ2) is 12.6. The van der Waals surface area contributed by atoms with E-state index in [1.165, 1.54) is 16.7 Å². The van der Waals surface area contributed by atoms with Gasteiger partial charge in [-0.2, -0.15) is 15.0 Å². The molecule has 3 heterocycles. The number of hydrogen-bond acceptors (Lipinski definition) is 9. The fraction of sp³-hybridized carbons (Fsp3) is 0.286. The molecule has 3 aromatic heterocycles. The van der Waals surface area contributed by atoms with Gasteiger partial charge in [0.25, 0.3) is 17.7 Å². The summed E-state index contributed by atoms with van der Waals surface area (Å²) in [5, 5.41) is 13.1. The van der Waals surface area contributed by atoms with Gasteiger partial charge in [-0.15, -0.1) is 0 Å². The third-order valence-corrected chi connectivity index (χ3v) is 8.98. The van der Waals surface area contributed by atoms with Crippen LogP contribution in [0.3, 0.4) is 0 Å². The smallest absolute Gasteiger partial charge is 0.258 e. The molecule has 0 saturated carbocycles. The van der Waals surface area contributed by atoms with E-state index < -0.39 is 0 Å². The number of nitrogens with zero attached hydrogens (tertiary/aromatic N) is 6. The molecule has 9 heteroatoms. The van der Waals surface area contributed by atoms with Gasteiger partial charge in [-0.3, -0.25) is 0 Å². The molecule has 0 spiro atoms. The van der Waals surface area contributed by atoms with E-state index in [0.717, 1.165) is 16.7 Å². The summed E-state index contributed by atoms with van der Waals surface area (Å²) in [6.45, 7) is 19.6. The van der Waals surface area contributed by atoms with E-state index in [1.54, 1.807) is 0 Å². The summed E-state index contributed by atoms with van der Waals surface area (Å²) < 4.78 is 17.3. The number of rotatable bonds is 6. The molecule has 9 nitrogen and oxygen atoms in total. The second-order valence-corrected chi connectivity index (χ2v) is 16.1. The minimum atomic E-state index is 0.0329. The average Bonchev–Trinajstić information content (AvgIpc) is 3.89. The minimum Gasteiger partial charge on any atom is -0.334 e. The van der Waals surface area contributed by atoms with Crippen molar-refractivity contribution in [3.63, 3.8) is 0 Å². The quantitative estimate of drug-likeness (QED) is 0.169. The van der Waals surface area contributed by atoms with Gasteiger partial charge in [0.1, 0.15) is 0 Å². The topological polar surface area (TPSA) is 117 Å². The van der Waals surface area contributed by atoms with Crippen LogP contribution in [0.1, 0.15) is 79.0 Å². The molecular weight excluding hydrogens is 637 g/mol. The van der Waals surface area contributed by atoms with Crippen LogP contribution in [0, 0.1) is 0 Å². The highest BCUT2D eigenvalue weighted by molar-refractivity contribution is 5.76. The second-order valence-electron chi connectivity index (χ2n) is 16.1. The molecule has 0 saturated heterocycles. The first-order valence-electron chi connectivity index (χ1n) is 17.1. The zero-order chi connectivity index (χ0) is 36.1. The highest BCUT2D eigenvalue weighted by atomic mass is 16.5. The Kier molecular flexibility index (Phi) is 8.32. The van der Waals surface area contributed by atoms with Gasteiger partial charge in [0, 0.05) is 33.4 Å². The zero-order valence-electron chi connectivity index (χ0n) is 30.6. The Hall–Kier alpha value is -5.70. The lowest BCUT2D eigenvalue weighted by molar-refractivity contribution is 0.432. The Morgan fingerprint density at radius 3 is 0.784 bits per heavy atom. The molecular formula is C42H42N6O3. The molecule has 0 unspecified atom stereocenters. The van der Waals surface area contributed by atoms with E-state index in [9.17, 15) is 0 Å². The van der Waals surface area contributed by atoms with Gasteiger partial charge in [0.15, 0.2) is 0 Å². The maximum Gasteiger partial charge on any atom is 0.258 e. The minimum absolute atomic E-state index is 0.0329. The monoisotopic (exact) mass is 678 g/mol. The maximum atomic E-state index is 5.75. The van der Waals surface area contributed by atoms with Crippen molar-refractivity contribution in [2.45, 2.75) is 78.6 Å². The van der Waals surface area contributed by atoms with Crippen LogP contribution in [0.4, 0.5) is 0 Å². The predicted molar refractivity (Wildman–Crippen MR) is 199 cm³/mol. The molecule has 0 bridgehead atoms. The molecule has 0 aliphatic carbocycles. The van der Waals surface area contributed by atoms with Gasteiger partial charge in [0.2, 0.25) is 17.5 Å². The molecule has 0 radical (unpaired) electrons. The maximum absolute atomic E-state index is 5.75. The van der Waals surface area contributed by atoms with Gasteiger partial charge >= 0.3 is 0 Å². The van der Waals surface area contributed by atoms with Gasteiger partial charge < -0.3 is 13.6 Å². The molecule has 0 aliphatic rings. The molecule has 0 atom stereocenters. The van der Waals surface area contributed by atoms with Crippen LogP contribution in [0.2, 0.25) is 0 Å². The number of benzene rings is 4. The van der Waals surface area contributed by atoms with Crippen molar-refractivity contribution in [1.82, 2.24) is 30.4 Å². The summed E-state index contributed by atoms with van der Waals surface area (Å²) in [6, 6.07) is 30.3. The highest BCUT2D eigenvalue weighted by Crippen LogP contribution is 2.34. The normalized spacial score (nSPS) is 12.4. The van der Waals surface area contributed by atoms with E-state index in [2.05, 4.69) is 114 Å². The Labute approximate surface area is 298 Å². The molecule has 7 rings (SSSR count). The van der Waals surface area contributed by atoms with E-state index in [0.29, 0.717) is 51.8 Å². The largest absolute Gasteiger partial charge is 0.334 e. The van der Waals surface area contributed by atoms with Crippen molar-refractivity contribution in [3.05, 3.63) is 108 Å². The first-order valence-corrected chi connectivity index (χ1v) is 17.1. The zero-order valence-corrected chi connectivity index (χ0v) is 30.6. The van der Waals surface area contributed by atoms with Gasteiger partial charge in [-0.05, 0) is 87.5 Å². The van der Waals surface area contributed by atoms with Crippen molar-refractivity contribution in [2.75, 3.05) is 0 Å². The van der Waals surface area contributed by atoms with Crippen molar-refractivity contribution in [1.29, 1.82) is 0 Å². The van der Waals surface area contributed by atoms with Crippen molar-refractivity contribution in [2.24, 2.45) is 0 Å². The fourth-order valence-corrected chi connectivity index (χ4v) is 5.73. The lowest BCUT2D eigenvalue weighted by Crippen LogP contribution is -2.10. The van der Waals surface area contributed by atoms with Crippen molar-refractivity contribution < 1.29 is 13.6 Å². The van der Waals surface area contributed by atoms with E-state index in [-0.39, 0.29) is 16.2 Å². The van der Waals surface area contributed by atoms with Gasteiger partial charge in [-0.1, -0.05) is 114 Å². The molecule has 0 amide bonds. The summed E-state index contributed by atoms with van der Waals surface area (Å²) >= 11 is 0. The van der Waals surface area contributed by atoms with Crippen LogP contribution < -0.4 is 0 Å². The number of aromatic nitrogens is 6. The first-order chi connectivity index (χ1) is 24.1. The lowest BCUT2D eigenvalue weighted by Gasteiger charge is -2.18. The van der Waals surface area contributed by atoms with Crippen LogP contribution in [-0.2, 0) is 16.2 Å². The standard InChI is InChI=1S/C42H42N6O3/c1-40(2,3)31-16-10-25(11-17-31)37-43-34(46-49-37)28-22-29(35-44-38(50-47-35)26-12-18-32(19-13-26)41(4,5)6)24-30(23-28)36-45-39(51-48-36)27-14-20-33(21-15-27)42(7,8)9/h10-24H,1-9H3. The summed E-state index contributed by atoms with van der Waals surface area (Å²) in [5.41, 5.74) is 8.27. The summed E-state index contributed by atoms with van der Waals surface area (Å²) in [4.78, 5) is 14.3. The third-order valence-electron chi connectivity index (χ3n) is 8.98. The van der Waals surface area contributed by atoms with E-state index in [4.69, 9.17) is 28.5 Å². The van der Waals surface area contributed by atoms with Crippen LogP contribution in [0.5, 0.6) is 0 Å². The Morgan fingerprint density at radius 2 is 0.569 bits per heavy atom. The Bertz CT molecular complexity index is 2020. The Balaban J connectivity index is 1.26. The summed E-state index contributed by atoms with van der Waals surface area (Å²) in [6.07, 6.45) is 0. The van der Waals surface area contributed by atoms with Crippen molar-refractivity contribution >= 4 is 0 Å². The SMILES string of the molecule is CC(C)(C)c1ccc(-c2nc(-c3cc(-c4noc(-c5ccc(C(C)(C)C)cc5)n4)cc(-c4noc(-c5ccc(C(C)(C)C)cc5)n4)c3)no2)cc1. The fourth-order valence-electron chi connectivity index (χ4n) is 5.73. The van der Waals surface area contributed by atoms with Crippen LogP contribution in [-0.4, -0.2) is 30.4 Å². The van der Waals surface area contributed by atoms with Crippen molar-refractivity contribution in [3.8, 4) is 68.5 Å². The predicted octanol–water partition coefficient (Wildman–Crippen LogP) is 10.7. The molecule has 0 N–H and O–H groups in total. The molecule has 0 fully saturated rings. The van der Waals surface area contributed by atoms with Crippen LogP contribution in [0.15, 0.2) is 105 Å². The lowest BCUT2D eigenvalue weighted by atomic mass is 9.87. The van der Waals surface area contributed by atoms with E-state index >= 15 is 0 Å². The molecule has 4 aromatic carbocycles.